The first kappa shape index (κ1) is 15.1. The molecule has 0 bridgehead atoms. The normalized spacial score (nSPS) is 10.9. The highest BCUT2D eigenvalue weighted by Crippen LogP contribution is 2.19. The molecule has 0 saturated heterocycles. The van der Waals surface area contributed by atoms with Crippen molar-refractivity contribution in [1.82, 2.24) is 4.57 Å². The molecule has 0 saturated carbocycles. The van der Waals surface area contributed by atoms with Gasteiger partial charge in [0, 0.05) is 17.8 Å². The van der Waals surface area contributed by atoms with E-state index >= 15 is 0 Å². The lowest BCUT2D eigenvalue weighted by atomic mass is 10.1. The number of aromatic nitrogens is 1. The maximum Gasteiger partial charge on any atom is 0.419 e. The molecule has 0 unspecified atom stereocenters. The number of oxazole rings is 1. The van der Waals surface area contributed by atoms with E-state index in [2.05, 4.69) is 5.32 Å². The van der Waals surface area contributed by atoms with Crippen molar-refractivity contribution in [2.75, 3.05) is 5.32 Å². The number of amides is 1. The standard InChI is InChI=1S/C18H18N2O3/c1-3-12-7-5-6-8-14(12)19-17(21)13-9-10-16-15(11-13)20(4-2)18(22)23-16/h5-11H,3-4H2,1-2H3,(H,19,21). The molecular formula is C18H18N2O3. The molecule has 1 N–H and O–H groups in total. The number of nitrogens with one attached hydrogen (secondary N) is 1. The SMILES string of the molecule is CCc1ccccc1NC(=O)c1ccc2oc(=O)n(CC)c2c1. The molecule has 0 aliphatic heterocycles. The van der Waals surface area contributed by atoms with E-state index in [0.717, 1.165) is 17.7 Å². The Morgan fingerprint density at radius 3 is 2.70 bits per heavy atom. The van der Waals surface area contributed by atoms with E-state index in [1.165, 1.54) is 4.57 Å². The first-order valence-corrected chi connectivity index (χ1v) is 7.66. The quantitative estimate of drug-likeness (QED) is 0.803. The molecule has 0 atom stereocenters. The first-order valence-electron chi connectivity index (χ1n) is 7.66. The van der Waals surface area contributed by atoms with Crippen molar-refractivity contribution in [2.24, 2.45) is 0 Å². The monoisotopic (exact) mass is 310 g/mol. The Morgan fingerprint density at radius 2 is 1.96 bits per heavy atom. The van der Waals surface area contributed by atoms with Gasteiger partial charge in [0.1, 0.15) is 0 Å². The Morgan fingerprint density at radius 1 is 1.17 bits per heavy atom. The summed E-state index contributed by atoms with van der Waals surface area (Å²) in [5.41, 5.74) is 3.50. The van der Waals surface area contributed by atoms with Crippen molar-refractivity contribution >= 4 is 22.7 Å². The third kappa shape index (κ3) is 2.77. The number of anilines is 1. The third-order valence-corrected chi connectivity index (χ3v) is 3.89. The van der Waals surface area contributed by atoms with Crippen molar-refractivity contribution in [3.05, 3.63) is 64.1 Å². The van der Waals surface area contributed by atoms with Gasteiger partial charge in [-0.1, -0.05) is 25.1 Å². The largest absolute Gasteiger partial charge is 0.419 e. The van der Waals surface area contributed by atoms with Gasteiger partial charge in [0.15, 0.2) is 5.58 Å². The molecule has 0 aliphatic carbocycles. The van der Waals surface area contributed by atoms with Crippen LogP contribution in [0.1, 0.15) is 29.8 Å². The van der Waals surface area contributed by atoms with E-state index < -0.39 is 5.76 Å². The number of para-hydroxylation sites is 1. The zero-order valence-electron chi connectivity index (χ0n) is 13.1. The summed E-state index contributed by atoms with van der Waals surface area (Å²) >= 11 is 0. The van der Waals surface area contributed by atoms with Crippen LogP contribution in [0.2, 0.25) is 0 Å². The van der Waals surface area contributed by atoms with E-state index in [-0.39, 0.29) is 5.91 Å². The number of nitrogens with zero attached hydrogens (tertiary/aromatic N) is 1. The molecule has 0 radical (unpaired) electrons. The van der Waals surface area contributed by atoms with Gasteiger partial charge in [0.25, 0.3) is 5.91 Å². The molecule has 118 valence electrons. The summed E-state index contributed by atoms with van der Waals surface area (Å²) in [4.78, 5) is 24.2. The molecule has 3 aromatic rings. The summed E-state index contributed by atoms with van der Waals surface area (Å²) in [5.74, 6) is -0.611. The van der Waals surface area contributed by atoms with Gasteiger partial charge in [0.05, 0.1) is 5.52 Å². The van der Waals surface area contributed by atoms with E-state index in [1.807, 2.05) is 38.1 Å². The molecule has 23 heavy (non-hydrogen) atoms. The molecule has 5 nitrogen and oxygen atoms in total. The summed E-state index contributed by atoms with van der Waals surface area (Å²) in [7, 11) is 0. The summed E-state index contributed by atoms with van der Waals surface area (Å²) in [5, 5.41) is 2.93. The third-order valence-electron chi connectivity index (χ3n) is 3.89. The maximum atomic E-state index is 12.5. The molecule has 0 spiro atoms. The lowest BCUT2D eigenvalue weighted by Crippen LogP contribution is -2.14. The highest BCUT2D eigenvalue weighted by Gasteiger charge is 2.13. The minimum atomic E-state index is -0.406. The van der Waals surface area contributed by atoms with Crippen LogP contribution in [0.4, 0.5) is 5.69 Å². The van der Waals surface area contributed by atoms with Crippen LogP contribution >= 0.6 is 0 Å². The minimum Gasteiger partial charge on any atom is -0.408 e. The van der Waals surface area contributed by atoms with E-state index in [4.69, 9.17) is 4.42 Å². The van der Waals surface area contributed by atoms with Gasteiger partial charge in [-0.2, -0.15) is 0 Å². The lowest BCUT2D eigenvalue weighted by Gasteiger charge is -2.09. The van der Waals surface area contributed by atoms with Crippen molar-refractivity contribution in [3.8, 4) is 0 Å². The maximum absolute atomic E-state index is 12.5. The van der Waals surface area contributed by atoms with Crippen molar-refractivity contribution < 1.29 is 9.21 Å². The number of hydrogen-bond donors (Lipinski definition) is 1. The number of aryl methyl sites for hydroxylation is 2. The van der Waals surface area contributed by atoms with Crippen LogP contribution in [0.25, 0.3) is 11.1 Å². The fourth-order valence-corrected chi connectivity index (χ4v) is 2.65. The highest BCUT2D eigenvalue weighted by molar-refractivity contribution is 6.06. The predicted molar refractivity (Wildman–Crippen MR) is 89.9 cm³/mol. The van der Waals surface area contributed by atoms with Crippen LogP contribution in [0, 0.1) is 0 Å². The Bertz CT molecular complexity index is 921. The van der Waals surface area contributed by atoms with E-state index in [9.17, 15) is 9.59 Å². The van der Waals surface area contributed by atoms with Crippen LogP contribution in [0.3, 0.4) is 0 Å². The van der Waals surface area contributed by atoms with Crippen LogP contribution < -0.4 is 11.1 Å². The molecular weight excluding hydrogens is 292 g/mol. The average Bonchev–Trinajstić information content (AvgIpc) is 2.89. The van der Waals surface area contributed by atoms with Crippen LogP contribution in [0.15, 0.2) is 51.7 Å². The van der Waals surface area contributed by atoms with Gasteiger partial charge >= 0.3 is 5.76 Å². The number of carbonyl (C=O) groups is 1. The zero-order chi connectivity index (χ0) is 16.4. The van der Waals surface area contributed by atoms with Gasteiger partial charge in [-0.05, 0) is 43.2 Å². The first-order chi connectivity index (χ1) is 11.1. The lowest BCUT2D eigenvalue weighted by molar-refractivity contribution is 0.102. The predicted octanol–water partition coefficient (Wildman–Crippen LogP) is 3.43. The van der Waals surface area contributed by atoms with E-state index in [1.54, 1.807) is 18.2 Å². The van der Waals surface area contributed by atoms with Gasteiger partial charge in [-0.15, -0.1) is 0 Å². The van der Waals surface area contributed by atoms with Crippen LogP contribution in [0.5, 0.6) is 0 Å². The number of carbonyl (C=O) groups excluding carboxylic acids is 1. The summed E-state index contributed by atoms with van der Waals surface area (Å²) < 4.78 is 6.66. The second-order valence-electron chi connectivity index (χ2n) is 5.26. The minimum absolute atomic E-state index is 0.205. The van der Waals surface area contributed by atoms with Gasteiger partial charge in [-0.3, -0.25) is 9.36 Å². The van der Waals surface area contributed by atoms with Crippen LogP contribution in [-0.4, -0.2) is 10.5 Å². The van der Waals surface area contributed by atoms with E-state index in [0.29, 0.717) is 23.2 Å². The molecule has 2 aromatic carbocycles. The molecule has 3 rings (SSSR count). The topological polar surface area (TPSA) is 64.2 Å². The molecule has 0 aliphatic rings. The number of hydrogen-bond acceptors (Lipinski definition) is 3. The second kappa shape index (κ2) is 6.12. The van der Waals surface area contributed by atoms with Crippen molar-refractivity contribution in [1.29, 1.82) is 0 Å². The number of benzene rings is 2. The summed E-state index contributed by atoms with van der Waals surface area (Å²) in [6.45, 7) is 4.40. The molecule has 1 heterocycles. The van der Waals surface area contributed by atoms with Gasteiger partial charge < -0.3 is 9.73 Å². The molecule has 5 heteroatoms. The fourth-order valence-electron chi connectivity index (χ4n) is 2.65. The number of fused-ring (bicyclic) bond motifs is 1. The molecule has 1 aromatic heterocycles. The Balaban J connectivity index is 1.96. The highest BCUT2D eigenvalue weighted by atomic mass is 16.4. The number of rotatable bonds is 4. The van der Waals surface area contributed by atoms with Gasteiger partial charge in [-0.25, -0.2) is 4.79 Å². The molecule has 1 amide bonds. The Labute approximate surface area is 133 Å². The van der Waals surface area contributed by atoms with Crippen molar-refractivity contribution in [3.63, 3.8) is 0 Å². The Hall–Kier alpha value is -2.82. The zero-order valence-corrected chi connectivity index (χ0v) is 13.1. The molecule has 0 fully saturated rings. The fraction of sp³-hybridized carbons (Fsp3) is 0.222. The smallest absolute Gasteiger partial charge is 0.408 e. The Kier molecular flexibility index (Phi) is 4.02. The van der Waals surface area contributed by atoms with Crippen LogP contribution in [-0.2, 0) is 13.0 Å². The summed E-state index contributed by atoms with van der Waals surface area (Å²) in [6, 6.07) is 12.7. The summed E-state index contributed by atoms with van der Waals surface area (Å²) in [6.07, 6.45) is 0.840. The van der Waals surface area contributed by atoms with Crippen molar-refractivity contribution in [2.45, 2.75) is 26.8 Å². The second-order valence-corrected chi connectivity index (χ2v) is 5.26. The van der Waals surface area contributed by atoms with Gasteiger partial charge in [0.2, 0.25) is 0 Å². The average molecular weight is 310 g/mol.